The van der Waals surface area contributed by atoms with Crippen molar-refractivity contribution in [3.8, 4) is 5.75 Å². The maximum Gasteiger partial charge on any atom is 0.240 e. The summed E-state index contributed by atoms with van der Waals surface area (Å²) in [5.74, 6) is -1.52. The molecule has 0 aliphatic carbocycles. The van der Waals surface area contributed by atoms with E-state index in [4.69, 9.17) is 32.7 Å². The lowest BCUT2D eigenvalue weighted by Gasteiger charge is -2.31. The van der Waals surface area contributed by atoms with Gasteiger partial charge in [-0.1, -0.05) is 23.2 Å². The number of amides is 2. The molecule has 3 aliphatic heterocycles. The maximum atomic E-state index is 13.5. The highest BCUT2D eigenvalue weighted by molar-refractivity contribution is 6.35. The number of imide groups is 1. The summed E-state index contributed by atoms with van der Waals surface area (Å²) >= 11 is 12.2. The summed E-state index contributed by atoms with van der Waals surface area (Å²) in [5, 5.41) is 0.709. The molecule has 5 rings (SSSR count). The fourth-order valence-electron chi connectivity index (χ4n) is 5.41. The molecule has 4 atom stereocenters. The first-order valence-electron chi connectivity index (χ1n) is 10.1. The second-order valence-corrected chi connectivity index (χ2v) is 9.50. The van der Waals surface area contributed by atoms with Crippen LogP contribution in [0, 0.1) is 17.7 Å². The Hall–Kier alpha value is -2.15. The molecule has 162 valence electrons. The van der Waals surface area contributed by atoms with Crippen LogP contribution in [-0.4, -0.2) is 29.6 Å². The number of hydrogen-bond acceptors (Lipinski definition) is 4. The normalized spacial score (nSPS) is 31.4. The van der Waals surface area contributed by atoms with Gasteiger partial charge in [0.1, 0.15) is 11.6 Å². The van der Waals surface area contributed by atoms with Crippen molar-refractivity contribution >= 4 is 40.7 Å². The molecule has 0 spiro atoms. The van der Waals surface area contributed by atoms with E-state index in [1.807, 2.05) is 6.92 Å². The van der Waals surface area contributed by atoms with E-state index in [0.717, 1.165) is 0 Å². The van der Waals surface area contributed by atoms with Gasteiger partial charge in [-0.15, -0.1) is 0 Å². The van der Waals surface area contributed by atoms with Crippen LogP contribution in [0.2, 0.25) is 10.0 Å². The third-order valence-electron chi connectivity index (χ3n) is 6.73. The van der Waals surface area contributed by atoms with Gasteiger partial charge < -0.3 is 9.47 Å². The molecular formula is C23H20Cl2FNO4. The molecule has 0 radical (unpaired) electrons. The zero-order valence-corrected chi connectivity index (χ0v) is 18.3. The Morgan fingerprint density at radius 1 is 1.06 bits per heavy atom. The first-order chi connectivity index (χ1) is 14.7. The second-order valence-electron chi connectivity index (χ2n) is 8.63. The number of anilines is 1. The molecule has 3 saturated heterocycles. The lowest BCUT2D eigenvalue weighted by atomic mass is 9.67. The molecule has 1 unspecified atom stereocenters. The van der Waals surface area contributed by atoms with Crippen LogP contribution in [0.1, 0.15) is 26.2 Å². The van der Waals surface area contributed by atoms with Gasteiger partial charge in [-0.3, -0.25) is 9.59 Å². The van der Waals surface area contributed by atoms with Crippen molar-refractivity contribution in [2.24, 2.45) is 11.8 Å². The van der Waals surface area contributed by atoms with Gasteiger partial charge in [0.25, 0.3) is 0 Å². The van der Waals surface area contributed by atoms with Crippen molar-refractivity contribution in [2.45, 2.75) is 37.4 Å². The molecule has 3 fully saturated rings. The van der Waals surface area contributed by atoms with Crippen LogP contribution >= 0.6 is 23.2 Å². The topological polar surface area (TPSA) is 55.8 Å². The Kier molecular flexibility index (Phi) is 4.81. The van der Waals surface area contributed by atoms with Gasteiger partial charge in [0.2, 0.25) is 11.8 Å². The average Bonchev–Trinajstić information content (AvgIpc) is 3.27. The van der Waals surface area contributed by atoms with Crippen LogP contribution in [0.4, 0.5) is 10.1 Å². The molecule has 0 saturated carbocycles. The molecule has 0 N–H and O–H groups in total. The second kappa shape index (κ2) is 7.19. The van der Waals surface area contributed by atoms with Crippen molar-refractivity contribution in [2.75, 3.05) is 11.5 Å². The van der Waals surface area contributed by atoms with Crippen LogP contribution in [0.5, 0.6) is 5.75 Å². The molecule has 2 amide bonds. The first kappa shape index (κ1) is 20.7. The first-order valence-corrected chi connectivity index (χ1v) is 10.9. The predicted octanol–water partition coefficient (Wildman–Crippen LogP) is 5.03. The predicted molar refractivity (Wildman–Crippen MR) is 114 cm³/mol. The summed E-state index contributed by atoms with van der Waals surface area (Å²) in [6.07, 6.45) is 1.80. The number of carbonyl (C=O) groups excluding carboxylic acids is 2. The summed E-state index contributed by atoms with van der Waals surface area (Å²) in [5.41, 5.74) is -1.10. The van der Waals surface area contributed by atoms with Gasteiger partial charge in [0, 0.05) is 16.5 Å². The smallest absolute Gasteiger partial charge is 0.240 e. The van der Waals surface area contributed by atoms with Crippen LogP contribution in [-0.2, 0) is 14.3 Å². The quantitative estimate of drug-likeness (QED) is 0.583. The zero-order valence-electron chi connectivity index (χ0n) is 16.7. The summed E-state index contributed by atoms with van der Waals surface area (Å²) in [6, 6.07) is 10.5. The van der Waals surface area contributed by atoms with E-state index in [1.165, 1.54) is 17.0 Å². The molecule has 3 heterocycles. The number of ether oxygens (including phenoxy) is 2. The Balaban J connectivity index is 1.41. The number of fused-ring (bicyclic) bond motifs is 5. The van der Waals surface area contributed by atoms with Gasteiger partial charge in [-0.05, 0) is 62.2 Å². The molecule has 2 aromatic carbocycles. The highest BCUT2D eigenvalue weighted by atomic mass is 35.5. The van der Waals surface area contributed by atoms with E-state index >= 15 is 0 Å². The molecule has 0 aromatic heterocycles. The minimum absolute atomic E-state index is 0.281. The van der Waals surface area contributed by atoms with Gasteiger partial charge >= 0.3 is 0 Å². The summed E-state index contributed by atoms with van der Waals surface area (Å²) in [4.78, 5) is 28.0. The van der Waals surface area contributed by atoms with E-state index in [9.17, 15) is 14.0 Å². The monoisotopic (exact) mass is 463 g/mol. The maximum absolute atomic E-state index is 13.5. The largest absolute Gasteiger partial charge is 0.493 e. The molecule has 3 aliphatic rings. The third-order valence-corrected chi connectivity index (χ3v) is 7.16. The molecular weight excluding hydrogens is 444 g/mol. The Bertz CT molecular complexity index is 1060. The number of halogens is 3. The van der Waals surface area contributed by atoms with Crippen molar-refractivity contribution < 1.29 is 23.5 Å². The van der Waals surface area contributed by atoms with Crippen molar-refractivity contribution in [3.05, 3.63) is 58.3 Å². The Morgan fingerprint density at radius 2 is 1.71 bits per heavy atom. The fourth-order valence-corrected chi connectivity index (χ4v) is 5.92. The van der Waals surface area contributed by atoms with E-state index in [1.54, 1.807) is 30.3 Å². The SMILES string of the molecule is CC12CC[C@@](CCOc3ccc(F)cc3)(O1)[C@H]1C(=O)N(c3cc(Cl)cc(Cl)c3)C(=O)[C@H]12. The number of carbonyl (C=O) groups is 2. The van der Waals surface area contributed by atoms with Gasteiger partial charge in [0.15, 0.2) is 0 Å². The van der Waals surface area contributed by atoms with E-state index in [2.05, 4.69) is 0 Å². The average molecular weight is 464 g/mol. The number of benzene rings is 2. The number of hydrogen-bond donors (Lipinski definition) is 0. The summed E-state index contributed by atoms with van der Waals surface area (Å²) in [7, 11) is 0. The Morgan fingerprint density at radius 3 is 2.39 bits per heavy atom. The summed E-state index contributed by atoms with van der Waals surface area (Å²) in [6.45, 7) is 2.19. The third kappa shape index (κ3) is 3.23. The minimum atomic E-state index is -0.774. The minimum Gasteiger partial charge on any atom is -0.493 e. The standard InChI is InChI=1S/C23H20Cl2FNO4/c1-22-6-7-23(31-22,8-9-30-17-4-2-15(26)3-5-17)19-18(22)20(28)27(21(19)29)16-11-13(24)10-14(25)12-16/h2-5,10-12,18-19H,6-9H2,1H3/t18-,19+,22?,23-/m0/s1. The van der Waals surface area contributed by atoms with Crippen molar-refractivity contribution in [1.29, 1.82) is 0 Å². The zero-order chi connectivity index (χ0) is 22.0. The summed E-state index contributed by atoms with van der Waals surface area (Å²) < 4.78 is 25.3. The van der Waals surface area contributed by atoms with Crippen LogP contribution in [0.3, 0.4) is 0 Å². The van der Waals surface area contributed by atoms with E-state index in [-0.39, 0.29) is 24.2 Å². The highest BCUT2D eigenvalue weighted by Gasteiger charge is 2.73. The van der Waals surface area contributed by atoms with Crippen molar-refractivity contribution in [3.63, 3.8) is 0 Å². The Labute approximate surface area is 189 Å². The van der Waals surface area contributed by atoms with Gasteiger partial charge in [-0.25, -0.2) is 9.29 Å². The lowest BCUT2D eigenvalue weighted by molar-refractivity contribution is -0.131. The number of nitrogens with zero attached hydrogens (tertiary/aromatic N) is 1. The molecule has 31 heavy (non-hydrogen) atoms. The molecule has 2 aromatic rings. The van der Waals surface area contributed by atoms with Crippen LogP contribution in [0.15, 0.2) is 42.5 Å². The van der Waals surface area contributed by atoms with Crippen molar-refractivity contribution in [1.82, 2.24) is 0 Å². The van der Waals surface area contributed by atoms with E-state index in [0.29, 0.717) is 40.7 Å². The lowest BCUT2D eigenvalue weighted by Crippen LogP contribution is -2.43. The van der Waals surface area contributed by atoms with E-state index < -0.39 is 23.0 Å². The molecule has 8 heteroatoms. The van der Waals surface area contributed by atoms with Crippen LogP contribution < -0.4 is 9.64 Å². The fraction of sp³-hybridized carbons (Fsp3) is 0.391. The van der Waals surface area contributed by atoms with Gasteiger partial charge in [0.05, 0.1) is 35.3 Å². The van der Waals surface area contributed by atoms with Gasteiger partial charge in [-0.2, -0.15) is 0 Å². The number of rotatable bonds is 5. The van der Waals surface area contributed by atoms with Crippen LogP contribution in [0.25, 0.3) is 0 Å². The molecule has 2 bridgehead atoms. The highest BCUT2D eigenvalue weighted by Crippen LogP contribution is 2.62. The molecule has 5 nitrogen and oxygen atoms in total.